The number of amides is 1. The van der Waals surface area contributed by atoms with Gasteiger partial charge in [0.25, 0.3) is 0 Å². The molecule has 1 aromatic rings. The van der Waals surface area contributed by atoms with Crippen LogP contribution in [0.3, 0.4) is 0 Å². The zero-order chi connectivity index (χ0) is 14.3. The van der Waals surface area contributed by atoms with Crippen LogP contribution in [-0.2, 0) is 11.2 Å². The van der Waals surface area contributed by atoms with Gasteiger partial charge in [-0.05, 0) is 29.9 Å². The number of unbranched alkanes of at least 4 members (excludes halogenated alkanes) is 1. The first-order chi connectivity index (χ1) is 9.08. The summed E-state index contributed by atoms with van der Waals surface area (Å²) >= 11 is 0. The van der Waals surface area contributed by atoms with Crippen LogP contribution >= 0.6 is 12.4 Å². The molecule has 1 aromatic carbocycles. The van der Waals surface area contributed by atoms with Crippen LogP contribution in [0.5, 0.6) is 0 Å². The largest absolute Gasteiger partial charge is 0.348 e. The third kappa shape index (κ3) is 5.93. The lowest BCUT2D eigenvalue weighted by atomic mass is 9.94. The van der Waals surface area contributed by atoms with Gasteiger partial charge in [0.2, 0.25) is 5.91 Å². The number of hydrogen-bond donors (Lipinski definition) is 2. The molecule has 0 aromatic heterocycles. The molecule has 3 nitrogen and oxygen atoms in total. The van der Waals surface area contributed by atoms with E-state index in [-0.39, 0.29) is 30.9 Å². The molecule has 1 atom stereocenters. The van der Waals surface area contributed by atoms with Crippen LogP contribution in [0.1, 0.15) is 50.8 Å². The molecule has 0 aliphatic carbocycles. The first-order valence-electron chi connectivity index (χ1n) is 7.16. The highest BCUT2D eigenvalue weighted by molar-refractivity contribution is 5.85. The minimum Gasteiger partial charge on any atom is -0.348 e. The van der Waals surface area contributed by atoms with Gasteiger partial charge in [0.15, 0.2) is 0 Å². The van der Waals surface area contributed by atoms with Crippen LogP contribution in [0.2, 0.25) is 0 Å². The monoisotopic (exact) mass is 298 g/mol. The zero-order valence-electron chi connectivity index (χ0n) is 12.7. The number of aryl methyl sites for hydroxylation is 1. The Morgan fingerprint density at radius 3 is 2.30 bits per heavy atom. The second kappa shape index (κ2) is 9.78. The molecule has 0 saturated heterocycles. The predicted molar refractivity (Wildman–Crippen MR) is 87.1 cm³/mol. The molecule has 0 bridgehead atoms. The topological polar surface area (TPSA) is 55.1 Å². The van der Waals surface area contributed by atoms with Crippen LogP contribution in [0.25, 0.3) is 0 Å². The normalized spacial score (nSPS) is 11.8. The van der Waals surface area contributed by atoms with Gasteiger partial charge in [0, 0.05) is 0 Å². The minimum atomic E-state index is -0.103. The van der Waals surface area contributed by atoms with Gasteiger partial charge in [-0.25, -0.2) is 0 Å². The van der Waals surface area contributed by atoms with Gasteiger partial charge in [0.1, 0.15) is 0 Å². The second-order valence-electron chi connectivity index (χ2n) is 5.34. The van der Waals surface area contributed by atoms with Crippen molar-refractivity contribution in [3.63, 3.8) is 0 Å². The third-order valence-electron chi connectivity index (χ3n) is 3.33. The first-order valence-corrected chi connectivity index (χ1v) is 7.16. The maximum Gasteiger partial charge on any atom is 0.234 e. The molecule has 0 fully saturated rings. The average Bonchev–Trinajstić information content (AvgIpc) is 2.42. The summed E-state index contributed by atoms with van der Waals surface area (Å²) < 4.78 is 0. The number of carbonyl (C=O) groups excluding carboxylic acids is 1. The molecule has 0 aliphatic rings. The molecule has 0 saturated carbocycles. The number of hydrogen-bond acceptors (Lipinski definition) is 2. The van der Waals surface area contributed by atoms with Gasteiger partial charge in [0.05, 0.1) is 12.6 Å². The van der Waals surface area contributed by atoms with Crippen LogP contribution in [0.4, 0.5) is 0 Å². The van der Waals surface area contributed by atoms with E-state index < -0.39 is 0 Å². The number of benzene rings is 1. The van der Waals surface area contributed by atoms with E-state index in [1.165, 1.54) is 18.4 Å². The van der Waals surface area contributed by atoms with Crippen molar-refractivity contribution in [3.8, 4) is 0 Å². The van der Waals surface area contributed by atoms with Crippen molar-refractivity contribution >= 4 is 18.3 Å². The van der Waals surface area contributed by atoms with Crippen molar-refractivity contribution in [3.05, 3.63) is 35.4 Å². The fraction of sp³-hybridized carbons (Fsp3) is 0.562. The van der Waals surface area contributed by atoms with E-state index in [9.17, 15) is 4.79 Å². The highest BCUT2D eigenvalue weighted by atomic mass is 35.5. The van der Waals surface area contributed by atoms with Crippen LogP contribution < -0.4 is 11.1 Å². The van der Waals surface area contributed by atoms with Crippen molar-refractivity contribution in [1.29, 1.82) is 0 Å². The summed E-state index contributed by atoms with van der Waals surface area (Å²) in [5.41, 5.74) is 7.88. The van der Waals surface area contributed by atoms with E-state index in [2.05, 4.69) is 50.4 Å². The fourth-order valence-electron chi connectivity index (χ4n) is 2.14. The maximum absolute atomic E-state index is 11.5. The molecule has 0 spiro atoms. The summed E-state index contributed by atoms with van der Waals surface area (Å²) in [4.78, 5) is 11.5. The molecule has 0 heterocycles. The SMILES string of the molecule is CCCCc1ccc(C(NC(=O)CN)C(C)C)cc1.Cl. The Labute approximate surface area is 128 Å². The van der Waals surface area contributed by atoms with E-state index >= 15 is 0 Å². The van der Waals surface area contributed by atoms with Crippen molar-refractivity contribution in [2.24, 2.45) is 11.7 Å². The van der Waals surface area contributed by atoms with Gasteiger partial charge < -0.3 is 11.1 Å². The van der Waals surface area contributed by atoms with Gasteiger partial charge in [-0.1, -0.05) is 51.5 Å². The first kappa shape index (κ1) is 18.9. The van der Waals surface area contributed by atoms with Gasteiger partial charge in [-0.15, -0.1) is 12.4 Å². The lowest BCUT2D eigenvalue weighted by molar-refractivity contribution is -0.120. The van der Waals surface area contributed by atoms with E-state index in [0.29, 0.717) is 5.92 Å². The number of halogens is 1. The smallest absolute Gasteiger partial charge is 0.234 e. The molecule has 0 aliphatic heterocycles. The van der Waals surface area contributed by atoms with Crippen molar-refractivity contribution < 1.29 is 4.79 Å². The minimum absolute atomic E-state index is 0. The molecule has 1 amide bonds. The Hall–Kier alpha value is -1.06. The molecule has 0 radical (unpaired) electrons. The molecule has 1 unspecified atom stereocenters. The summed E-state index contributed by atoms with van der Waals surface area (Å²) in [6.07, 6.45) is 3.55. The Morgan fingerprint density at radius 2 is 1.85 bits per heavy atom. The second-order valence-corrected chi connectivity index (χ2v) is 5.34. The quantitative estimate of drug-likeness (QED) is 0.812. The summed E-state index contributed by atoms with van der Waals surface area (Å²) in [7, 11) is 0. The number of nitrogens with two attached hydrogens (primary N) is 1. The Kier molecular flexibility index (Phi) is 9.26. The van der Waals surface area contributed by atoms with Crippen LogP contribution in [-0.4, -0.2) is 12.5 Å². The van der Waals surface area contributed by atoms with Crippen LogP contribution in [0.15, 0.2) is 24.3 Å². The molecule has 3 N–H and O–H groups in total. The maximum atomic E-state index is 11.5. The average molecular weight is 299 g/mol. The number of nitrogens with one attached hydrogen (secondary N) is 1. The summed E-state index contributed by atoms with van der Waals surface area (Å²) in [5, 5.41) is 2.98. The summed E-state index contributed by atoms with van der Waals surface area (Å²) in [6.45, 7) is 6.45. The van der Waals surface area contributed by atoms with Crippen LogP contribution in [0, 0.1) is 5.92 Å². The van der Waals surface area contributed by atoms with E-state index in [1.807, 2.05) is 0 Å². The molecule has 114 valence electrons. The lowest BCUT2D eigenvalue weighted by Gasteiger charge is -2.23. The van der Waals surface area contributed by atoms with E-state index in [1.54, 1.807) is 0 Å². The molecular weight excluding hydrogens is 272 g/mol. The van der Waals surface area contributed by atoms with Gasteiger partial charge in [-0.2, -0.15) is 0 Å². The highest BCUT2D eigenvalue weighted by Crippen LogP contribution is 2.22. The molecule has 20 heavy (non-hydrogen) atoms. The summed E-state index contributed by atoms with van der Waals surface area (Å²) in [5.74, 6) is 0.241. The Morgan fingerprint density at radius 1 is 1.25 bits per heavy atom. The van der Waals surface area contributed by atoms with Gasteiger partial charge in [-0.3, -0.25) is 4.79 Å². The summed E-state index contributed by atoms with van der Waals surface area (Å²) in [6, 6.07) is 8.60. The standard InChI is InChI=1S/C16H26N2O.ClH/c1-4-5-6-13-7-9-14(10-8-13)16(12(2)3)18-15(19)11-17;/h7-10,12,16H,4-6,11,17H2,1-3H3,(H,18,19);1H. The van der Waals surface area contributed by atoms with Crippen molar-refractivity contribution in [2.45, 2.75) is 46.1 Å². The Bertz CT molecular complexity index is 390. The van der Waals surface area contributed by atoms with Crippen molar-refractivity contribution in [1.82, 2.24) is 5.32 Å². The van der Waals surface area contributed by atoms with Crippen molar-refractivity contribution in [2.75, 3.05) is 6.54 Å². The van der Waals surface area contributed by atoms with Gasteiger partial charge >= 0.3 is 0 Å². The zero-order valence-corrected chi connectivity index (χ0v) is 13.5. The Balaban J connectivity index is 0.00000361. The fourth-order valence-corrected chi connectivity index (χ4v) is 2.14. The molecule has 4 heteroatoms. The highest BCUT2D eigenvalue weighted by Gasteiger charge is 2.17. The van der Waals surface area contributed by atoms with E-state index in [0.717, 1.165) is 12.0 Å². The lowest BCUT2D eigenvalue weighted by Crippen LogP contribution is -2.36. The molecular formula is C16H27ClN2O. The number of carbonyl (C=O) groups is 1. The third-order valence-corrected chi connectivity index (χ3v) is 3.33. The van der Waals surface area contributed by atoms with E-state index in [4.69, 9.17) is 5.73 Å². The number of rotatable bonds is 7. The predicted octanol–water partition coefficient (Wildman–Crippen LogP) is 3.22. The molecule has 1 rings (SSSR count).